The smallest absolute Gasteiger partial charge is 0.330 e. The molecule has 8 nitrogen and oxygen atoms in total. The Balaban J connectivity index is 1.27. The number of hydrogen-bond donors (Lipinski definition) is 0. The van der Waals surface area contributed by atoms with Crippen LogP contribution in [0.5, 0.6) is 0 Å². The summed E-state index contributed by atoms with van der Waals surface area (Å²) in [6, 6.07) is 2.55. The number of hydrogen-bond acceptors (Lipinski definition) is 6. The molecule has 33 heavy (non-hydrogen) atoms. The summed E-state index contributed by atoms with van der Waals surface area (Å²) >= 11 is 0. The van der Waals surface area contributed by atoms with Crippen LogP contribution in [-0.2, 0) is 0 Å². The number of likely N-dealkylation sites (tertiary alicyclic amines) is 1. The van der Waals surface area contributed by atoms with Crippen molar-refractivity contribution in [1.82, 2.24) is 35.0 Å². The van der Waals surface area contributed by atoms with Gasteiger partial charge in [-0.3, -0.25) is 9.69 Å². The van der Waals surface area contributed by atoms with Gasteiger partial charge in [0.2, 0.25) is 0 Å². The number of rotatable bonds is 6. The average molecular weight is 467 g/mol. The molecular formula is C21H25F4N7O. The number of carbonyl (C=O) groups excluding carboxylic acids is 1. The van der Waals surface area contributed by atoms with Crippen LogP contribution in [0, 0.1) is 12.3 Å². The summed E-state index contributed by atoms with van der Waals surface area (Å²) in [5, 5.41) is 11.2. The highest BCUT2D eigenvalue weighted by molar-refractivity contribution is 5.94. The van der Waals surface area contributed by atoms with Gasteiger partial charge in [-0.1, -0.05) is 0 Å². The van der Waals surface area contributed by atoms with Crippen molar-refractivity contribution < 1.29 is 22.4 Å². The molecule has 2 aromatic heterocycles. The molecule has 2 aromatic rings. The molecule has 0 bridgehead atoms. The average Bonchev–Trinajstić information content (AvgIpc) is 3.69. The highest BCUT2D eigenvalue weighted by atomic mass is 19.4. The fourth-order valence-electron chi connectivity index (χ4n) is 4.69. The van der Waals surface area contributed by atoms with E-state index in [4.69, 9.17) is 0 Å². The Kier molecular flexibility index (Phi) is 5.37. The van der Waals surface area contributed by atoms with Crippen LogP contribution < -0.4 is 0 Å². The number of pyridine rings is 1. The number of amides is 1. The van der Waals surface area contributed by atoms with Crippen LogP contribution in [0.4, 0.5) is 17.6 Å². The number of halogens is 4. The van der Waals surface area contributed by atoms with E-state index in [-0.39, 0.29) is 37.9 Å². The second-order valence-electron chi connectivity index (χ2n) is 9.37. The second-order valence-corrected chi connectivity index (χ2v) is 9.37. The van der Waals surface area contributed by atoms with E-state index in [0.717, 1.165) is 12.8 Å². The minimum absolute atomic E-state index is 0.0429. The molecule has 2 aliphatic carbocycles. The Morgan fingerprint density at radius 2 is 2.00 bits per heavy atom. The number of piperidine rings is 1. The van der Waals surface area contributed by atoms with Crippen LogP contribution in [0.15, 0.2) is 18.3 Å². The quantitative estimate of drug-likeness (QED) is 0.608. The van der Waals surface area contributed by atoms with Crippen LogP contribution >= 0.6 is 0 Å². The van der Waals surface area contributed by atoms with Crippen molar-refractivity contribution in [3.8, 4) is 5.82 Å². The number of aromatic nitrogens is 5. The van der Waals surface area contributed by atoms with E-state index < -0.39 is 23.8 Å². The summed E-state index contributed by atoms with van der Waals surface area (Å²) in [7, 11) is 0. The van der Waals surface area contributed by atoms with E-state index in [1.165, 1.54) is 10.9 Å². The van der Waals surface area contributed by atoms with E-state index >= 15 is 4.39 Å². The predicted octanol–water partition coefficient (Wildman–Crippen LogP) is 2.73. The van der Waals surface area contributed by atoms with Gasteiger partial charge < -0.3 is 4.90 Å². The maximum absolute atomic E-state index is 15.2. The summed E-state index contributed by atoms with van der Waals surface area (Å²) in [6.45, 7) is 1.82. The molecule has 178 valence electrons. The van der Waals surface area contributed by atoms with E-state index in [9.17, 15) is 18.0 Å². The molecule has 0 N–H and O–H groups in total. The number of alkyl halides is 4. The fourth-order valence-corrected chi connectivity index (χ4v) is 4.69. The molecule has 3 aliphatic rings. The van der Waals surface area contributed by atoms with Crippen LogP contribution in [0.2, 0.25) is 0 Å². The minimum Gasteiger partial charge on any atom is -0.330 e. The Labute approximate surface area is 187 Å². The monoisotopic (exact) mass is 467 g/mol. The van der Waals surface area contributed by atoms with Crippen molar-refractivity contribution in [2.45, 2.75) is 63.5 Å². The molecule has 0 radical (unpaired) electrons. The maximum atomic E-state index is 15.2. The number of aryl methyl sites for hydroxylation is 1. The Bertz CT molecular complexity index is 1020. The first-order valence-electron chi connectivity index (χ1n) is 11.2. The van der Waals surface area contributed by atoms with E-state index in [0.29, 0.717) is 30.2 Å². The molecule has 1 aliphatic heterocycles. The third-order valence-corrected chi connectivity index (χ3v) is 6.94. The fraction of sp³-hybridized carbons (Fsp3) is 0.667. The minimum atomic E-state index is -4.26. The molecular weight excluding hydrogens is 442 g/mol. The third-order valence-electron chi connectivity index (χ3n) is 6.94. The number of nitrogens with zero attached hydrogens (tertiary/aromatic N) is 7. The second kappa shape index (κ2) is 8.00. The van der Waals surface area contributed by atoms with E-state index in [1.54, 1.807) is 28.9 Å². The summed E-state index contributed by atoms with van der Waals surface area (Å²) in [4.78, 5) is 20.7. The lowest BCUT2D eigenvalue weighted by Gasteiger charge is -2.42. The van der Waals surface area contributed by atoms with Gasteiger partial charge in [-0.25, -0.2) is 9.37 Å². The molecule has 2 atom stereocenters. The summed E-state index contributed by atoms with van der Waals surface area (Å²) < 4.78 is 56.6. The molecule has 3 fully saturated rings. The van der Waals surface area contributed by atoms with Gasteiger partial charge in [-0.15, -0.1) is 5.10 Å². The third kappa shape index (κ3) is 4.20. The molecule has 0 aromatic carbocycles. The molecule has 1 amide bonds. The van der Waals surface area contributed by atoms with Crippen molar-refractivity contribution in [3.63, 3.8) is 0 Å². The lowest BCUT2D eigenvalue weighted by atomic mass is 9.97. The van der Waals surface area contributed by atoms with Crippen LogP contribution in [0.3, 0.4) is 0 Å². The van der Waals surface area contributed by atoms with Crippen molar-refractivity contribution in [3.05, 3.63) is 29.7 Å². The molecule has 0 spiro atoms. The molecule has 1 saturated heterocycles. The molecule has 5 rings (SSSR count). The molecule has 12 heteroatoms. The molecule has 3 heterocycles. The highest BCUT2D eigenvalue weighted by Crippen LogP contribution is 2.58. The van der Waals surface area contributed by atoms with Crippen molar-refractivity contribution in [2.75, 3.05) is 19.6 Å². The topological polar surface area (TPSA) is 80.0 Å². The van der Waals surface area contributed by atoms with Crippen LogP contribution in [-0.4, -0.2) is 85.0 Å². The summed E-state index contributed by atoms with van der Waals surface area (Å²) in [5.41, 5.74) is -1.35. The lowest BCUT2D eigenvalue weighted by molar-refractivity contribution is -0.193. The van der Waals surface area contributed by atoms with Gasteiger partial charge in [0, 0.05) is 31.9 Å². The zero-order chi connectivity index (χ0) is 23.4. The normalized spacial score (nSPS) is 25.1. The van der Waals surface area contributed by atoms with Gasteiger partial charge in [-0.2, -0.15) is 17.9 Å². The van der Waals surface area contributed by atoms with Gasteiger partial charge in [0.15, 0.2) is 11.6 Å². The van der Waals surface area contributed by atoms with E-state index in [1.807, 2.05) is 0 Å². The first-order valence-corrected chi connectivity index (χ1v) is 11.2. The zero-order valence-electron chi connectivity index (χ0n) is 18.2. The van der Waals surface area contributed by atoms with Gasteiger partial charge in [0.25, 0.3) is 5.91 Å². The van der Waals surface area contributed by atoms with Gasteiger partial charge in [-0.05, 0) is 61.6 Å². The van der Waals surface area contributed by atoms with Gasteiger partial charge in [0.1, 0.15) is 6.17 Å². The van der Waals surface area contributed by atoms with E-state index in [2.05, 4.69) is 20.5 Å². The lowest BCUT2D eigenvalue weighted by Crippen LogP contribution is -2.56. The summed E-state index contributed by atoms with van der Waals surface area (Å²) in [5.74, 6) is 0.703. The maximum Gasteiger partial charge on any atom is 0.395 e. The molecule has 2 unspecified atom stereocenters. The number of carbonyl (C=O) groups is 1. The van der Waals surface area contributed by atoms with Crippen LogP contribution in [0.1, 0.15) is 48.3 Å². The largest absolute Gasteiger partial charge is 0.395 e. The van der Waals surface area contributed by atoms with Crippen molar-refractivity contribution in [1.29, 1.82) is 0 Å². The predicted molar refractivity (Wildman–Crippen MR) is 108 cm³/mol. The first-order chi connectivity index (χ1) is 15.7. The van der Waals surface area contributed by atoms with Crippen molar-refractivity contribution in [2.24, 2.45) is 5.41 Å². The Morgan fingerprint density at radius 1 is 1.24 bits per heavy atom. The van der Waals surface area contributed by atoms with Crippen molar-refractivity contribution >= 4 is 5.91 Å². The molecule has 2 saturated carbocycles. The first kappa shape index (κ1) is 22.2. The zero-order valence-corrected chi connectivity index (χ0v) is 18.2. The SMILES string of the molecule is Cc1nnnn1-c1ccc(C(=O)N(C2CC2)C2CCN(CC3(C(F)(F)F)CC3)CC2F)cn1. The van der Waals surface area contributed by atoms with Gasteiger partial charge >= 0.3 is 6.18 Å². The Morgan fingerprint density at radius 3 is 2.52 bits per heavy atom. The Hall–Kier alpha value is -2.63. The summed E-state index contributed by atoms with van der Waals surface area (Å²) in [6.07, 6.45) is -2.12. The van der Waals surface area contributed by atoms with Gasteiger partial charge in [0.05, 0.1) is 17.0 Å². The standard InChI is InChI=1S/C21H25F4N7O/c1-13-27-28-29-32(13)18-5-2-14(10-26-18)19(33)31(15-3-4-15)17-6-9-30(11-16(17)22)12-20(7-8-20)21(23,24)25/h2,5,10,15-17H,3-4,6-9,11-12H2,1H3. The highest BCUT2D eigenvalue weighted by Gasteiger charge is 2.63. The number of tetrazole rings is 1. The van der Waals surface area contributed by atoms with Crippen LogP contribution in [0.25, 0.3) is 5.82 Å².